The molecule has 0 aromatic heterocycles. The molecule has 0 fully saturated rings. The maximum absolute atomic E-state index is 13.7. The number of hydrogen-bond acceptors (Lipinski definition) is 1. The summed E-state index contributed by atoms with van der Waals surface area (Å²) in [5.74, 6) is -0.374. The SMILES string of the molecule is CCCCc1ccc(C(O)Cc2c(F)cccc2Cl)cc1. The van der Waals surface area contributed by atoms with E-state index in [0.29, 0.717) is 10.6 Å². The van der Waals surface area contributed by atoms with Crippen molar-refractivity contribution < 1.29 is 9.50 Å². The second-order valence-corrected chi connectivity index (χ2v) is 5.67. The van der Waals surface area contributed by atoms with Gasteiger partial charge in [0.2, 0.25) is 0 Å². The fraction of sp³-hybridized carbons (Fsp3) is 0.333. The molecule has 0 saturated heterocycles. The third-order valence-electron chi connectivity index (χ3n) is 3.64. The lowest BCUT2D eigenvalue weighted by Crippen LogP contribution is -2.04. The minimum absolute atomic E-state index is 0.180. The van der Waals surface area contributed by atoms with E-state index in [9.17, 15) is 9.50 Å². The number of unbranched alkanes of at least 4 members (excludes halogenated alkanes) is 1. The minimum Gasteiger partial charge on any atom is -0.388 e. The molecule has 2 rings (SSSR count). The van der Waals surface area contributed by atoms with Crippen LogP contribution < -0.4 is 0 Å². The molecule has 0 aliphatic carbocycles. The molecule has 1 nitrogen and oxygen atoms in total. The predicted molar refractivity (Wildman–Crippen MR) is 85.1 cm³/mol. The lowest BCUT2D eigenvalue weighted by Gasteiger charge is -2.13. The summed E-state index contributed by atoms with van der Waals surface area (Å²) in [6.07, 6.45) is 2.80. The molecule has 2 aromatic rings. The van der Waals surface area contributed by atoms with Crippen molar-refractivity contribution >= 4 is 11.6 Å². The Balaban J connectivity index is 2.08. The summed E-state index contributed by atoms with van der Waals surface area (Å²) in [5.41, 5.74) is 2.41. The summed E-state index contributed by atoms with van der Waals surface area (Å²) in [6.45, 7) is 2.16. The van der Waals surface area contributed by atoms with E-state index < -0.39 is 6.10 Å². The van der Waals surface area contributed by atoms with Gasteiger partial charge in [0, 0.05) is 17.0 Å². The Labute approximate surface area is 130 Å². The van der Waals surface area contributed by atoms with Gasteiger partial charge in [-0.05, 0) is 36.1 Å². The van der Waals surface area contributed by atoms with Crippen LogP contribution in [0.5, 0.6) is 0 Å². The Morgan fingerprint density at radius 3 is 2.48 bits per heavy atom. The molecule has 0 amide bonds. The van der Waals surface area contributed by atoms with Gasteiger partial charge in [-0.15, -0.1) is 0 Å². The van der Waals surface area contributed by atoms with Crippen molar-refractivity contribution in [1.82, 2.24) is 0 Å². The topological polar surface area (TPSA) is 20.2 Å². The number of rotatable bonds is 6. The summed E-state index contributed by atoms with van der Waals surface area (Å²) in [6, 6.07) is 12.4. The van der Waals surface area contributed by atoms with Crippen molar-refractivity contribution in [1.29, 1.82) is 0 Å². The molecule has 21 heavy (non-hydrogen) atoms. The number of aryl methyl sites for hydroxylation is 1. The highest BCUT2D eigenvalue weighted by molar-refractivity contribution is 6.31. The molecule has 0 bridgehead atoms. The van der Waals surface area contributed by atoms with Gasteiger partial charge in [0.25, 0.3) is 0 Å². The first-order valence-corrected chi connectivity index (χ1v) is 7.69. The van der Waals surface area contributed by atoms with Crippen LogP contribution in [-0.2, 0) is 12.8 Å². The maximum atomic E-state index is 13.7. The van der Waals surface area contributed by atoms with Crippen LogP contribution >= 0.6 is 11.6 Å². The van der Waals surface area contributed by atoms with E-state index in [2.05, 4.69) is 6.92 Å². The molecule has 2 aromatic carbocycles. The third-order valence-corrected chi connectivity index (χ3v) is 4.00. The molecule has 0 aliphatic heterocycles. The smallest absolute Gasteiger partial charge is 0.127 e. The van der Waals surface area contributed by atoms with Crippen molar-refractivity contribution in [2.45, 2.75) is 38.7 Å². The van der Waals surface area contributed by atoms with E-state index in [1.807, 2.05) is 24.3 Å². The van der Waals surface area contributed by atoms with Gasteiger partial charge in [-0.3, -0.25) is 0 Å². The van der Waals surface area contributed by atoms with Crippen molar-refractivity contribution in [2.24, 2.45) is 0 Å². The number of aliphatic hydroxyl groups excluding tert-OH is 1. The monoisotopic (exact) mass is 306 g/mol. The highest BCUT2D eigenvalue weighted by Gasteiger charge is 2.14. The molecule has 3 heteroatoms. The maximum Gasteiger partial charge on any atom is 0.127 e. The van der Waals surface area contributed by atoms with Crippen LogP contribution in [0.1, 0.15) is 42.6 Å². The largest absolute Gasteiger partial charge is 0.388 e. The summed E-state index contributed by atoms with van der Waals surface area (Å²) in [5, 5.41) is 10.6. The highest BCUT2D eigenvalue weighted by Crippen LogP contribution is 2.26. The average molecular weight is 307 g/mol. The van der Waals surface area contributed by atoms with E-state index in [1.165, 1.54) is 11.6 Å². The Morgan fingerprint density at radius 2 is 1.86 bits per heavy atom. The number of aliphatic hydroxyl groups is 1. The summed E-state index contributed by atoms with van der Waals surface area (Å²) >= 11 is 5.99. The molecule has 1 unspecified atom stereocenters. The molecule has 0 radical (unpaired) electrons. The number of halogens is 2. The van der Waals surface area contributed by atoms with E-state index in [1.54, 1.807) is 12.1 Å². The minimum atomic E-state index is -0.750. The zero-order valence-corrected chi connectivity index (χ0v) is 12.9. The van der Waals surface area contributed by atoms with Crippen LogP contribution in [0.4, 0.5) is 4.39 Å². The standard InChI is InChI=1S/C18H20ClFO/c1-2-3-5-13-8-10-14(11-9-13)18(21)12-15-16(19)6-4-7-17(15)20/h4,6-11,18,21H,2-3,5,12H2,1H3. The molecule has 112 valence electrons. The van der Waals surface area contributed by atoms with Crippen LogP contribution in [0, 0.1) is 5.82 Å². The molecule has 0 saturated carbocycles. The van der Waals surface area contributed by atoms with E-state index in [0.717, 1.165) is 24.8 Å². The molecule has 0 aliphatic rings. The predicted octanol–water partition coefficient (Wildman–Crippen LogP) is 5.10. The van der Waals surface area contributed by atoms with Crippen molar-refractivity contribution in [3.63, 3.8) is 0 Å². The second-order valence-electron chi connectivity index (χ2n) is 5.27. The van der Waals surface area contributed by atoms with Crippen molar-refractivity contribution in [3.8, 4) is 0 Å². The summed E-state index contributed by atoms with van der Waals surface area (Å²) < 4.78 is 13.7. The third kappa shape index (κ3) is 4.29. The van der Waals surface area contributed by atoms with Gasteiger partial charge in [0.1, 0.15) is 5.82 Å². The van der Waals surface area contributed by atoms with Crippen LogP contribution in [0.2, 0.25) is 5.02 Å². The molecular weight excluding hydrogens is 287 g/mol. The lowest BCUT2D eigenvalue weighted by molar-refractivity contribution is 0.177. The Hall–Kier alpha value is -1.38. The lowest BCUT2D eigenvalue weighted by atomic mass is 9.99. The van der Waals surface area contributed by atoms with Gasteiger partial charge in [-0.25, -0.2) is 4.39 Å². The Bertz CT molecular complexity index is 560. The Kier molecular flexibility index (Phi) is 5.77. The second kappa shape index (κ2) is 7.58. The van der Waals surface area contributed by atoms with Gasteiger partial charge in [-0.1, -0.05) is 55.3 Å². The first kappa shape index (κ1) is 16.0. The quantitative estimate of drug-likeness (QED) is 0.787. The van der Waals surface area contributed by atoms with E-state index in [-0.39, 0.29) is 12.2 Å². The molecule has 1 N–H and O–H groups in total. The van der Waals surface area contributed by atoms with Gasteiger partial charge < -0.3 is 5.11 Å². The Morgan fingerprint density at radius 1 is 1.14 bits per heavy atom. The zero-order chi connectivity index (χ0) is 15.2. The van der Waals surface area contributed by atoms with Crippen molar-refractivity contribution in [3.05, 3.63) is 70.0 Å². The van der Waals surface area contributed by atoms with Crippen LogP contribution in [0.3, 0.4) is 0 Å². The zero-order valence-electron chi connectivity index (χ0n) is 12.2. The van der Waals surface area contributed by atoms with E-state index in [4.69, 9.17) is 11.6 Å². The van der Waals surface area contributed by atoms with E-state index >= 15 is 0 Å². The first-order chi connectivity index (χ1) is 10.1. The molecule has 1 atom stereocenters. The molecular formula is C18H20ClFO. The normalized spacial score (nSPS) is 12.4. The van der Waals surface area contributed by atoms with Crippen LogP contribution in [-0.4, -0.2) is 5.11 Å². The highest BCUT2D eigenvalue weighted by atomic mass is 35.5. The first-order valence-electron chi connectivity index (χ1n) is 7.31. The summed E-state index contributed by atoms with van der Waals surface area (Å²) in [4.78, 5) is 0. The van der Waals surface area contributed by atoms with Crippen molar-refractivity contribution in [2.75, 3.05) is 0 Å². The van der Waals surface area contributed by atoms with Gasteiger partial charge in [-0.2, -0.15) is 0 Å². The molecule has 0 spiro atoms. The van der Waals surface area contributed by atoms with Crippen LogP contribution in [0.25, 0.3) is 0 Å². The number of hydrogen-bond donors (Lipinski definition) is 1. The fourth-order valence-corrected chi connectivity index (χ4v) is 2.57. The van der Waals surface area contributed by atoms with Gasteiger partial charge in [0.15, 0.2) is 0 Å². The number of benzene rings is 2. The average Bonchev–Trinajstić information content (AvgIpc) is 2.49. The van der Waals surface area contributed by atoms with Crippen LogP contribution in [0.15, 0.2) is 42.5 Å². The fourth-order valence-electron chi connectivity index (χ4n) is 2.33. The molecule has 0 heterocycles. The summed E-state index contributed by atoms with van der Waals surface area (Å²) in [7, 11) is 0. The van der Waals surface area contributed by atoms with Gasteiger partial charge >= 0.3 is 0 Å². The van der Waals surface area contributed by atoms with Gasteiger partial charge in [0.05, 0.1) is 6.10 Å².